The number of nitrogens with one attached hydrogen (secondary N) is 2. The highest BCUT2D eigenvalue weighted by Crippen LogP contribution is 2.31. The molecule has 9 nitrogen and oxygen atoms in total. The number of hydrogen-bond acceptors (Lipinski definition) is 8. The summed E-state index contributed by atoms with van der Waals surface area (Å²) < 4.78 is 5.51. The van der Waals surface area contributed by atoms with Crippen molar-refractivity contribution in [2.75, 3.05) is 48.4 Å². The summed E-state index contributed by atoms with van der Waals surface area (Å²) in [4.78, 5) is 28.5. The highest BCUT2D eigenvalue weighted by molar-refractivity contribution is 6.03. The maximum atomic E-state index is 12.9. The lowest BCUT2D eigenvalue weighted by molar-refractivity contribution is 0.102. The lowest BCUT2D eigenvalue weighted by Crippen LogP contribution is -2.37. The summed E-state index contributed by atoms with van der Waals surface area (Å²) >= 11 is 0. The van der Waals surface area contributed by atoms with E-state index >= 15 is 0 Å². The molecule has 0 unspecified atom stereocenters. The van der Waals surface area contributed by atoms with Gasteiger partial charge in [0.15, 0.2) is 0 Å². The molecule has 3 heterocycles. The van der Waals surface area contributed by atoms with Crippen LogP contribution in [0.5, 0.6) is 0 Å². The summed E-state index contributed by atoms with van der Waals surface area (Å²) in [5.41, 5.74) is 4.74. The smallest absolute Gasteiger partial charge is 0.275 e. The van der Waals surface area contributed by atoms with Gasteiger partial charge in [0.05, 0.1) is 31.7 Å². The fourth-order valence-electron chi connectivity index (χ4n) is 3.97. The molecule has 0 radical (unpaired) electrons. The molecule has 190 valence electrons. The van der Waals surface area contributed by atoms with E-state index in [0.717, 1.165) is 41.3 Å². The standard InChI is InChI=1S/C27H34N6O3/c1-17(2)23-14-28-15-24(31-23)27(35)30-21-6-5-18(3)22(13-21)20-11-25(29-19(4)16-34)32-26(12-20)33-7-9-36-10-8-33/h5-6,11-15,17,19,34H,7-10,16H2,1-4H3,(H,29,32)(H,30,35)/t19-/m1/s1. The number of aliphatic hydroxyl groups is 1. The largest absolute Gasteiger partial charge is 0.394 e. The number of pyridine rings is 1. The first-order valence-electron chi connectivity index (χ1n) is 12.3. The Balaban J connectivity index is 1.66. The summed E-state index contributed by atoms with van der Waals surface area (Å²) in [6.07, 6.45) is 3.16. The van der Waals surface area contributed by atoms with Crippen molar-refractivity contribution in [1.82, 2.24) is 15.0 Å². The van der Waals surface area contributed by atoms with Crippen LogP contribution in [0.4, 0.5) is 17.3 Å². The fourth-order valence-corrected chi connectivity index (χ4v) is 3.97. The van der Waals surface area contributed by atoms with Crippen LogP contribution in [0, 0.1) is 6.92 Å². The topological polar surface area (TPSA) is 112 Å². The number of aliphatic hydroxyl groups excluding tert-OH is 1. The molecule has 1 amide bonds. The van der Waals surface area contributed by atoms with Gasteiger partial charge in [0.1, 0.15) is 17.3 Å². The maximum absolute atomic E-state index is 12.9. The Morgan fingerprint density at radius 1 is 1.11 bits per heavy atom. The molecule has 0 spiro atoms. The molecule has 0 saturated carbocycles. The summed E-state index contributed by atoms with van der Waals surface area (Å²) in [6.45, 7) is 10.8. The van der Waals surface area contributed by atoms with Gasteiger partial charge >= 0.3 is 0 Å². The molecular formula is C27H34N6O3. The van der Waals surface area contributed by atoms with Gasteiger partial charge in [-0.3, -0.25) is 9.78 Å². The molecule has 4 rings (SSSR count). The third-order valence-corrected chi connectivity index (χ3v) is 6.10. The Bertz CT molecular complexity index is 1210. The molecule has 2 aromatic heterocycles. The van der Waals surface area contributed by atoms with Crippen LogP contribution >= 0.6 is 0 Å². The zero-order chi connectivity index (χ0) is 25.7. The number of rotatable bonds is 8. The Labute approximate surface area is 212 Å². The van der Waals surface area contributed by atoms with Crippen LogP contribution in [-0.4, -0.2) is 64.9 Å². The van der Waals surface area contributed by atoms with Crippen LogP contribution < -0.4 is 15.5 Å². The predicted molar refractivity (Wildman–Crippen MR) is 142 cm³/mol. The summed E-state index contributed by atoms with van der Waals surface area (Å²) in [5.74, 6) is 1.41. The van der Waals surface area contributed by atoms with Gasteiger partial charge in [-0.2, -0.15) is 0 Å². The van der Waals surface area contributed by atoms with Gasteiger partial charge in [0.2, 0.25) is 0 Å². The molecule has 1 fully saturated rings. The van der Waals surface area contributed by atoms with E-state index in [-0.39, 0.29) is 30.2 Å². The number of carbonyl (C=O) groups is 1. The monoisotopic (exact) mass is 490 g/mol. The third kappa shape index (κ3) is 6.16. The van der Waals surface area contributed by atoms with Crippen molar-refractivity contribution < 1.29 is 14.6 Å². The van der Waals surface area contributed by atoms with Gasteiger partial charge in [0.25, 0.3) is 5.91 Å². The molecule has 36 heavy (non-hydrogen) atoms. The second-order valence-corrected chi connectivity index (χ2v) is 9.39. The van der Waals surface area contributed by atoms with Crippen molar-refractivity contribution >= 4 is 23.2 Å². The van der Waals surface area contributed by atoms with Crippen LogP contribution in [0.3, 0.4) is 0 Å². The van der Waals surface area contributed by atoms with Gasteiger partial charge in [-0.05, 0) is 60.7 Å². The zero-order valence-corrected chi connectivity index (χ0v) is 21.3. The summed E-state index contributed by atoms with van der Waals surface area (Å²) in [7, 11) is 0. The summed E-state index contributed by atoms with van der Waals surface area (Å²) in [6, 6.07) is 9.73. The van der Waals surface area contributed by atoms with Crippen molar-refractivity contribution in [3.63, 3.8) is 0 Å². The number of hydrogen-bond donors (Lipinski definition) is 3. The maximum Gasteiger partial charge on any atom is 0.275 e. The number of nitrogens with zero attached hydrogens (tertiary/aromatic N) is 4. The number of amides is 1. The zero-order valence-electron chi connectivity index (χ0n) is 21.3. The number of benzene rings is 1. The van der Waals surface area contributed by atoms with Crippen LogP contribution in [0.1, 0.15) is 48.4 Å². The number of aryl methyl sites for hydroxylation is 1. The lowest BCUT2D eigenvalue weighted by Gasteiger charge is -2.29. The first-order chi connectivity index (χ1) is 17.3. The molecule has 0 aliphatic carbocycles. The van der Waals surface area contributed by atoms with Crippen LogP contribution in [0.2, 0.25) is 0 Å². The molecule has 0 bridgehead atoms. The van der Waals surface area contributed by atoms with Gasteiger partial charge < -0.3 is 25.4 Å². The van der Waals surface area contributed by atoms with Gasteiger partial charge in [-0.1, -0.05) is 19.9 Å². The highest BCUT2D eigenvalue weighted by Gasteiger charge is 2.17. The molecule has 1 aliphatic heterocycles. The Hall–Kier alpha value is -3.56. The average Bonchev–Trinajstić information content (AvgIpc) is 2.90. The van der Waals surface area contributed by atoms with E-state index < -0.39 is 0 Å². The Kier molecular flexibility index (Phi) is 8.12. The third-order valence-electron chi connectivity index (χ3n) is 6.10. The van der Waals surface area contributed by atoms with Crippen LogP contribution in [0.25, 0.3) is 11.1 Å². The molecule has 1 atom stereocenters. The highest BCUT2D eigenvalue weighted by atomic mass is 16.5. The number of anilines is 3. The van der Waals surface area contributed by atoms with E-state index in [0.29, 0.717) is 24.7 Å². The van der Waals surface area contributed by atoms with Crippen molar-refractivity contribution in [2.24, 2.45) is 0 Å². The van der Waals surface area contributed by atoms with E-state index in [4.69, 9.17) is 9.72 Å². The number of carbonyl (C=O) groups excluding carboxylic acids is 1. The average molecular weight is 491 g/mol. The van der Waals surface area contributed by atoms with Crippen LogP contribution in [-0.2, 0) is 4.74 Å². The Morgan fingerprint density at radius 3 is 2.61 bits per heavy atom. The minimum Gasteiger partial charge on any atom is -0.394 e. The van der Waals surface area contributed by atoms with E-state index in [1.165, 1.54) is 6.20 Å². The van der Waals surface area contributed by atoms with E-state index in [9.17, 15) is 9.90 Å². The fraction of sp³-hybridized carbons (Fsp3) is 0.407. The molecule has 9 heteroatoms. The molecular weight excluding hydrogens is 456 g/mol. The quantitative estimate of drug-likeness (QED) is 0.437. The number of morpholine rings is 1. The Morgan fingerprint density at radius 2 is 1.89 bits per heavy atom. The van der Waals surface area contributed by atoms with Gasteiger partial charge in [0, 0.05) is 31.0 Å². The van der Waals surface area contributed by atoms with Crippen molar-refractivity contribution in [2.45, 2.75) is 39.7 Å². The van der Waals surface area contributed by atoms with E-state index in [1.807, 2.05) is 52.0 Å². The van der Waals surface area contributed by atoms with Crippen molar-refractivity contribution in [1.29, 1.82) is 0 Å². The minimum atomic E-state index is -0.303. The molecule has 3 N–H and O–H groups in total. The second-order valence-electron chi connectivity index (χ2n) is 9.39. The van der Waals surface area contributed by atoms with E-state index in [1.54, 1.807) is 6.20 Å². The number of aromatic nitrogens is 3. The lowest BCUT2D eigenvalue weighted by atomic mass is 10.00. The normalized spacial score (nSPS) is 14.6. The first-order valence-corrected chi connectivity index (χ1v) is 12.3. The van der Waals surface area contributed by atoms with Crippen molar-refractivity contribution in [3.05, 3.63) is 59.7 Å². The first kappa shape index (κ1) is 25.5. The second kappa shape index (κ2) is 11.5. The molecule has 1 saturated heterocycles. The molecule has 1 aromatic carbocycles. The summed E-state index contributed by atoms with van der Waals surface area (Å²) in [5, 5.41) is 15.8. The van der Waals surface area contributed by atoms with Crippen LogP contribution in [0.15, 0.2) is 42.7 Å². The van der Waals surface area contributed by atoms with Gasteiger partial charge in [-0.15, -0.1) is 0 Å². The predicted octanol–water partition coefficient (Wildman–Crippen LogP) is 3.85. The molecule has 3 aromatic rings. The van der Waals surface area contributed by atoms with E-state index in [2.05, 4.69) is 31.6 Å². The van der Waals surface area contributed by atoms with Gasteiger partial charge in [-0.25, -0.2) is 9.97 Å². The molecule has 1 aliphatic rings. The SMILES string of the molecule is Cc1ccc(NC(=O)c2cncc(C(C)C)n2)cc1-c1cc(N[C@H](C)CO)nc(N2CCOCC2)c1. The number of ether oxygens (including phenoxy) is 1. The minimum absolute atomic E-state index is 0.000240. The van der Waals surface area contributed by atoms with Crippen molar-refractivity contribution in [3.8, 4) is 11.1 Å².